The smallest absolute Gasteiger partial charge is 0.407 e. The number of rotatable bonds is 5. The lowest BCUT2D eigenvalue weighted by Gasteiger charge is -2.37. The van der Waals surface area contributed by atoms with Crippen molar-refractivity contribution in [1.82, 2.24) is 14.9 Å². The zero-order chi connectivity index (χ0) is 18.7. The molecular formula is C19H24BrN3O3. The molecule has 7 heteroatoms. The fourth-order valence-corrected chi connectivity index (χ4v) is 3.84. The summed E-state index contributed by atoms with van der Waals surface area (Å²) in [5.74, 6) is 0.833. The van der Waals surface area contributed by atoms with Crippen molar-refractivity contribution in [3.8, 4) is 5.75 Å². The van der Waals surface area contributed by atoms with Crippen LogP contribution in [0.2, 0.25) is 0 Å². The van der Waals surface area contributed by atoms with Crippen LogP contribution < -0.4 is 10.1 Å². The number of imidazole rings is 1. The Morgan fingerprint density at radius 3 is 2.92 bits per heavy atom. The number of aryl methyl sites for hydroxylation is 1. The third kappa shape index (κ3) is 4.20. The number of benzene rings is 1. The number of nitrogens with one attached hydrogen (secondary N) is 1. The SMILES string of the molecule is C=CCOC(=O)NC1(C)CCC(Oc2cc(Br)c3ncn(C)c3c2)CC1. The molecule has 1 fully saturated rings. The van der Waals surface area contributed by atoms with Crippen molar-refractivity contribution in [2.75, 3.05) is 6.61 Å². The van der Waals surface area contributed by atoms with Gasteiger partial charge in [-0.3, -0.25) is 0 Å². The second-order valence-electron chi connectivity index (χ2n) is 7.02. The van der Waals surface area contributed by atoms with Crippen LogP contribution in [-0.2, 0) is 11.8 Å². The molecule has 1 aliphatic rings. The largest absolute Gasteiger partial charge is 0.490 e. The summed E-state index contributed by atoms with van der Waals surface area (Å²) in [7, 11) is 1.97. The van der Waals surface area contributed by atoms with Gasteiger partial charge in [0.1, 0.15) is 17.9 Å². The van der Waals surface area contributed by atoms with E-state index in [1.807, 2.05) is 23.7 Å². The molecule has 0 aliphatic heterocycles. The van der Waals surface area contributed by atoms with Crippen LogP contribution >= 0.6 is 15.9 Å². The Morgan fingerprint density at radius 1 is 1.50 bits per heavy atom. The molecule has 1 N–H and O–H groups in total. The van der Waals surface area contributed by atoms with Crippen molar-refractivity contribution in [2.45, 2.75) is 44.2 Å². The Kier molecular flexibility index (Phi) is 5.55. The number of carbonyl (C=O) groups is 1. The summed E-state index contributed by atoms with van der Waals surface area (Å²) >= 11 is 3.57. The number of hydrogen-bond acceptors (Lipinski definition) is 4. The molecule has 6 nitrogen and oxygen atoms in total. The molecule has 1 saturated carbocycles. The van der Waals surface area contributed by atoms with Crippen LogP contribution in [0.5, 0.6) is 5.75 Å². The van der Waals surface area contributed by atoms with Crippen LogP contribution in [0.15, 0.2) is 35.6 Å². The van der Waals surface area contributed by atoms with E-state index >= 15 is 0 Å². The number of amides is 1. The average Bonchev–Trinajstić information content (AvgIpc) is 2.97. The number of ether oxygens (including phenoxy) is 2. The zero-order valence-electron chi connectivity index (χ0n) is 15.1. The van der Waals surface area contributed by atoms with Crippen LogP contribution in [0.3, 0.4) is 0 Å². The summed E-state index contributed by atoms with van der Waals surface area (Å²) in [5, 5.41) is 2.97. The lowest BCUT2D eigenvalue weighted by molar-refractivity contribution is 0.0971. The Bertz CT molecular complexity index is 810. The van der Waals surface area contributed by atoms with Gasteiger partial charge >= 0.3 is 6.09 Å². The molecule has 0 bridgehead atoms. The highest BCUT2D eigenvalue weighted by Gasteiger charge is 2.33. The van der Waals surface area contributed by atoms with E-state index in [0.717, 1.165) is 46.9 Å². The summed E-state index contributed by atoms with van der Waals surface area (Å²) in [5.41, 5.74) is 1.70. The summed E-state index contributed by atoms with van der Waals surface area (Å²) in [6.45, 7) is 5.82. The van der Waals surface area contributed by atoms with E-state index in [2.05, 4.69) is 39.7 Å². The molecule has 140 valence electrons. The molecule has 0 saturated heterocycles. The van der Waals surface area contributed by atoms with Crippen LogP contribution in [0.25, 0.3) is 11.0 Å². The highest BCUT2D eigenvalue weighted by molar-refractivity contribution is 9.10. The first kappa shape index (κ1) is 18.8. The van der Waals surface area contributed by atoms with Crippen LogP contribution in [0, 0.1) is 0 Å². The molecule has 0 atom stereocenters. The van der Waals surface area contributed by atoms with Gasteiger partial charge in [0.25, 0.3) is 0 Å². The van der Waals surface area contributed by atoms with E-state index in [-0.39, 0.29) is 18.2 Å². The van der Waals surface area contributed by atoms with Crippen LogP contribution in [0.1, 0.15) is 32.6 Å². The third-order valence-electron chi connectivity index (χ3n) is 4.83. The summed E-state index contributed by atoms with van der Waals surface area (Å²) in [6.07, 6.45) is 6.53. The molecule has 1 aromatic carbocycles. The van der Waals surface area contributed by atoms with Gasteiger partial charge in [-0.25, -0.2) is 9.78 Å². The molecule has 2 aromatic rings. The topological polar surface area (TPSA) is 65.4 Å². The third-order valence-corrected chi connectivity index (χ3v) is 5.44. The van der Waals surface area contributed by atoms with Gasteiger partial charge in [0, 0.05) is 23.1 Å². The standard InChI is InChI=1S/C19H24BrN3O3/c1-4-9-25-18(24)22-19(2)7-5-13(6-8-19)26-14-10-15(20)17-16(11-14)23(3)12-21-17/h4,10-13H,1,5-9H2,2-3H3,(H,22,24). The van der Waals surface area contributed by atoms with Crippen LogP contribution in [-0.4, -0.2) is 33.9 Å². The molecule has 1 aliphatic carbocycles. The van der Waals surface area contributed by atoms with Gasteiger partial charge in [-0.05, 0) is 54.6 Å². The van der Waals surface area contributed by atoms with E-state index in [0.29, 0.717) is 0 Å². The first-order valence-corrected chi connectivity index (χ1v) is 9.52. The minimum absolute atomic E-state index is 0.131. The monoisotopic (exact) mass is 421 g/mol. The second kappa shape index (κ2) is 7.70. The molecule has 3 rings (SSSR count). The van der Waals surface area contributed by atoms with E-state index in [1.165, 1.54) is 0 Å². The predicted octanol–water partition coefficient (Wildman–Crippen LogP) is 4.33. The lowest BCUT2D eigenvalue weighted by Crippen LogP contribution is -2.49. The molecule has 1 amide bonds. The Balaban J connectivity index is 1.59. The van der Waals surface area contributed by atoms with Crippen molar-refractivity contribution in [1.29, 1.82) is 0 Å². The average molecular weight is 422 g/mol. The number of hydrogen-bond donors (Lipinski definition) is 1. The summed E-state index contributed by atoms with van der Waals surface area (Å²) in [4.78, 5) is 16.2. The predicted molar refractivity (Wildman–Crippen MR) is 104 cm³/mol. The molecule has 0 radical (unpaired) electrons. The van der Waals surface area contributed by atoms with Gasteiger partial charge in [-0.2, -0.15) is 0 Å². The maximum atomic E-state index is 11.8. The van der Waals surface area contributed by atoms with Gasteiger partial charge in [0.15, 0.2) is 0 Å². The fourth-order valence-electron chi connectivity index (χ4n) is 3.31. The van der Waals surface area contributed by atoms with E-state index < -0.39 is 6.09 Å². The number of alkyl carbamates (subject to hydrolysis) is 1. The first-order chi connectivity index (χ1) is 12.4. The molecule has 1 aromatic heterocycles. The number of fused-ring (bicyclic) bond motifs is 1. The molecular weight excluding hydrogens is 398 g/mol. The van der Waals surface area contributed by atoms with Gasteiger partial charge < -0.3 is 19.4 Å². The van der Waals surface area contributed by atoms with E-state index in [4.69, 9.17) is 9.47 Å². The minimum atomic E-state index is -0.391. The van der Waals surface area contributed by atoms with E-state index in [1.54, 1.807) is 12.4 Å². The minimum Gasteiger partial charge on any atom is -0.490 e. The normalized spacial score (nSPS) is 22.8. The quantitative estimate of drug-likeness (QED) is 0.729. The van der Waals surface area contributed by atoms with Crippen molar-refractivity contribution in [2.24, 2.45) is 7.05 Å². The number of aromatic nitrogens is 2. The summed E-state index contributed by atoms with van der Waals surface area (Å²) in [6, 6.07) is 3.99. The highest BCUT2D eigenvalue weighted by Crippen LogP contribution is 2.33. The lowest BCUT2D eigenvalue weighted by atomic mass is 9.82. The maximum absolute atomic E-state index is 11.8. The molecule has 0 spiro atoms. The highest BCUT2D eigenvalue weighted by atomic mass is 79.9. The molecule has 0 unspecified atom stereocenters. The first-order valence-electron chi connectivity index (χ1n) is 8.73. The van der Waals surface area contributed by atoms with Gasteiger partial charge in [-0.1, -0.05) is 12.7 Å². The zero-order valence-corrected chi connectivity index (χ0v) is 16.7. The number of halogens is 1. The Hall–Kier alpha value is -2.02. The van der Waals surface area contributed by atoms with Crippen LogP contribution in [0.4, 0.5) is 4.79 Å². The Labute approximate surface area is 161 Å². The fraction of sp³-hybridized carbons (Fsp3) is 0.474. The number of carbonyl (C=O) groups excluding carboxylic acids is 1. The molecule has 1 heterocycles. The summed E-state index contributed by atoms with van der Waals surface area (Å²) < 4.78 is 14.1. The van der Waals surface area contributed by atoms with E-state index in [9.17, 15) is 4.79 Å². The number of nitrogens with zero attached hydrogens (tertiary/aromatic N) is 2. The van der Waals surface area contributed by atoms with Crippen molar-refractivity contribution < 1.29 is 14.3 Å². The van der Waals surface area contributed by atoms with Gasteiger partial charge in [0.05, 0.1) is 17.9 Å². The molecule has 26 heavy (non-hydrogen) atoms. The second-order valence-corrected chi connectivity index (χ2v) is 7.87. The van der Waals surface area contributed by atoms with Gasteiger partial charge in [-0.15, -0.1) is 0 Å². The van der Waals surface area contributed by atoms with Crippen molar-refractivity contribution >= 4 is 33.1 Å². The van der Waals surface area contributed by atoms with Crippen molar-refractivity contribution in [3.05, 3.63) is 35.6 Å². The Morgan fingerprint density at radius 2 is 2.23 bits per heavy atom. The van der Waals surface area contributed by atoms with Crippen molar-refractivity contribution in [3.63, 3.8) is 0 Å². The van der Waals surface area contributed by atoms with Gasteiger partial charge in [0.2, 0.25) is 0 Å². The maximum Gasteiger partial charge on any atom is 0.407 e.